The number of rotatable bonds is 6. The van der Waals surface area contributed by atoms with Crippen molar-refractivity contribution >= 4 is 0 Å². The van der Waals surface area contributed by atoms with Gasteiger partial charge in [-0.15, -0.1) is 0 Å². The Morgan fingerprint density at radius 1 is 1.05 bits per heavy atom. The normalized spacial score (nSPS) is 10.9. The van der Waals surface area contributed by atoms with Crippen LogP contribution in [-0.2, 0) is 13.1 Å². The highest BCUT2D eigenvalue weighted by molar-refractivity contribution is 5.19. The van der Waals surface area contributed by atoms with Crippen LogP contribution in [0.4, 0.5) is 0 Å². The van der Waals surface area contributed by atoms with Crippen LogP contribution in [0, 0.1) is 6.92 Å². The molecule has 0 saturated heterocycles. The van der Waals surface area contributed by atoms with E-state index in [9.17, 15) is 0 Å². The smallest absolute Gasteiger partial charge is 0.0417 e. The molecule has 0 aliphatic heterocycles. The molecule has 2 rings (SSSR count). The van der Waals surface area contributed by atoms with Crippen molar-refractivity contribution in [1.82, 2.24) is 9.88 Å². The predicted octanol–water partition coefficient (Wildman–Crippen LogP) is 2.35. The van der Waals surface area contributed by atoms with Crippen molar-refractivity contribution in [2.24, 2.45) is 5.73 Å². The Morgan fingerprint density at radius 3 is 2.53 bits per heavy atom. The molecule has 0 aliphatic carbocycles. The summed E-state index contributed by atoms with van der Waals surface area (Å²) in [6, 6.07) is 14.6. The van der Waals surface area contributed by atoms with Crippen molar-refractivity contribution in [2.75, 3.05) is 13.1 Å². The summed E-state index contributed by atoms with van der Waals surface area (Å²) in [4.78, 5) is 6.70. The van der Waals surface area contributed by atoms with Crippen LogP contribution in [0.15, 0.2) is 48.7 Å². The number of benzene rings is 1. The third-order valence-electron chi connectivity index (χ3n) is 3.20. The van der Waals surface area contributed by atoms with Crippen molar-refractivity contribution in [3.05, 3.63) is 65.5 Å². The molecule has 1 aromatic heterocycles. The lowest BCUT2D eigenvalue weighted by atomic mass is 10.1. The molecule has 19 heavy (non-hydrogen) atoms. The maximum absolute atomic E-state index is 5.72. The van der Waals surface area contributed by atoms with E-state index in [0.29, 0.717) is 6.54 Å². The Balaban J connectivity index is 2.06. The third-order valence-corrected chi connectivity index (χ3v) is 3.20. The summed E-state index contributed by atoms with van der Waals surface area (Å²) in [6.07, 6.45) is 1.84. The van der Waals surface area contributed by atoms with E-state index in [1.807, 2.05) is 18.3 Å². The molecular formula is C16H21N3. The van der Waals surface area contributed by atoms with Crippen LogP contribution in [0.3, 0.4) is 0 Å². The summed E-state index contributed by atoms with van der Waals surface area (Å²) >= 11 is 0. The molecule has 0 aliphatic rings. The lowest BCUT2D eigenvalue weighted by Gasteiger charge is -2.22. The van der Waals surface area contributed by atoms with Gasteiger partial charge < -0.3 is 5.73 Å². The average molecular weight is 255 g/mol. The molecular weight excluding hydrogens is 234 g/mol. The minimum atomic E-state index is 0.673. The second-order valence-electron chi connectivity index (χ2n) is 4.73. The van der Waals surface area contributed by atoms with Crippen molar-refractivity contribution in [2.45, 2.75) is 20.0 Å². The maximum atomic E-state index is 5.72. The lowest BCUT2D eigenvalue weighted by Crippen LogP contribution is -2.29. The van der Waals surface area contributed by atoms with Crippen molar-refractivity contribution in [3.8, 4) is 0 Å². The van der Waals surface area contributed by atoms with Crippen LogP contribution in [0.1, 0.15) is 16.8 Å². The van der Waals surface area contributed by atoms with Gasteiger partial charge >= 0.3 is 0 Å². The van der Waals surface area contributed by atoms with Gasteiger partial charge in [-0.1, -0.05) is 36.4 Å². The van der Waals surface area contributed by atoms with E-state index >= 15 is 0 Å². The van der Waals surface area contributed by atoms with Gasteiger partial charge in [-0.25, -0.2) is 0 Å². The molecule has 0 spiro atoms. The molecule has 1 heterocycles. The highest BCUT2D eigenvalue weighted by Crippen LogP contribution is 2.11. The molecule has 0 saturated carbocycles. The van der Waals surface area contributed by atoms with Gasteiger partial charge in [-0.2, -0.15) is 0 Å². The molecule has 100 valence electrons. The SMILES string of the molecule is Cc1ncccc1CN(CCN)Cc1ccccc1. The second kappa shape index (κ2) is 7.02. The van der Waals surface area contributed by atoms with Crippen LogP contribution in [0.2, 0.25) is 0 Å². The molecule has 0 bridgehead atoms. The maximum Gasteiger partial charge on any atom is 0.0417 e. The molecule has 0 unspecified atom stereocenters. The summed E-state index contributed by atoms with van der Waals surface area (Å²) in [5.41, 5.74) is 9.40. The Hall–Kier alpha value is -1.71. The summed E-state index contributed by atoms with van der Waals surface area (Å²) in [5, 5.41) is 0. The molecule has 1 aromatic carbocycles. The van der Waals surface area contributed by atoms with Crippen LogP contribution in [0.25, 0.3) is 0 Å². The number of hydrogen-bond acceptors (Lipinski definition) is 3. The summed E-state index contributed by atoms with van der Waals surface area (Å²) in [6.45, 7) is 5.44. The monoisotopic (exact) mass is 255 g/mol. The molecule has 2 N–H and O–H groups in total. The largest absolute Gasteiger partial charge is 0.329 e. The number of nitrogens with two attached hydrogens (primary N) is 1. The first kappa shape index (κ1) is 13.7. The Morgan fingerprint density at radius 2 is 1.84 bits per heavy atom. The highest BCUT2D eigenvalue weighted by Gasteiger charge is 2.08. The van der Waals surface area contributed by atoms with Crippen molar-refractivity contribution in [1.29, 1.82) is 0 Å². The molecule has 0 atom stereocenters. The van der Waals surface area contributed by atoms with E-state index in [-0.39, 0.29) is 0 Å². The predicted molar refractivity (Wildman–Crippen MR) is 78.6 cm³/mol. The number of pyridine rings is 1. The Kier molecular flexibility index (Phi) is 5.07. The fraction of sp³-hybridized carbons (Fsp3) is 0.312. The number of aromatic nitrogens is 1. The van der Waals surface area contributed by atoms with Gasteiger partial charge in [0, 0.05) is 38.1 Å². The number of hydrogen-bond donors (Lipinski definition) is 1. The fourth-order valence-electron chi connectivity index (χ4n) is 2.16. The standard InChI is InChI=1S/C16H21N3/c1-14-16(8-5-10-18-14)13-19(11-9-17)12-15-6-3-2-4-7-15/h2-8,10H,9,11-13,17H2,1H3. The Labute approximate surface area is 115 Å². The average Bonchev–Trinajstić information content (AvgIpc) is 2.43. The molecule has 3 nitrogen and oxygen atoms in total. The first-order valence-electron chi connectivity index (χ1n) is 6.66. The quantitative estimate of drug-likeness (QED) is 0.861. The number of nitrogens with zero attached hydrogens (tertiary/aromatic N) is 2. The Bertz CT molecular complexity index is 496. The fourth-order valence-corrected chi connectivity index (χ4v) is 2.16. The van der Waals surface area contributed by atoms with Gasteiger partial charge in [0.05, 0.1) is 0 Å². The van der Waals surface area contributed by atoms with Crippen molar-refractivity contribution < 1.29 is 0 Å². The van der Waals surface area contributed by atoms with E-state index in [4.69, 9.17) is 5.73 Å². The molecule has 2 aromatic rings. The van der Waals surface area contributed by atoms with Crippen LogP contribution < -0.4 is 5.73 Å². The van der Waals surface area contributed by atoms with Gasteiger partial charge in [0.2, 0.25) is 0 Å². The minimum Gasteiger partial charge on any atom is -0.329 e. The molecule has 3 heteroatoms. The van der Waals surface area contributed by atoms with E-state index in [1.54, 1.807) is 0 Å². The minimum absolute atomic E-state index is 0.673. The lowest BCUT2D eigenvalue weighted by molar-refractivity contribution is 0.263. The van der Waals surface area contributed by atoms with E-state index < -0.39 is 0 Å². The molecule has 0 fully saturated rings. The van der Waals surface area contributed by atoms with Crippen LogP contribution >= 0.6 is 0 Å². The van der Waals surface area contributed by atoms with Crippen molar-refractivity contribution in [3.63, 3.8) is 0 Å². The topological polar surface area (TPSA) is 42.2 Å². The number of aryl methyl sites for hydroxylation is 1. The summed E-state index contributed by atoms with van der Waals surface area (Å²) in [7, 11) is 0. The van der Waals surface area contributed by atoms with Gasteiger partial charge in [-0.05, 0) is 24.1 Å². The first-order valence-corrected chi connectivity index (χ1v) is 6.66. The van der Waals surface area contributed by atoms with Gasteiger partial charge in [0.15, 0.2) is 0 Å². The van der Waals surface area contributed by atoms with Gasteiger partial charge in [0.25, 0.3) is 0 Å². The van der Waals surface area contributed by atoms with E-state index in [1.165, 1.54) is 11.1 Å². The van der Waals surface area contributed by atoms with Crippen LogP contribution in [-0.4, -0.2) is 23.0 Å². The summed E-state index contributed by atoms with van der Waals surface area (Å²) in [5.74, 6) is 0. The third kappa shape index (κ3) is 4.16. The van der Waals surface area contributed by atoms with E-state index in [0.717, 1.165) is 25.3 Å². The first-order chi connectivity index (χ1) is 9.29. The highest BCUT2D eigenvalue weighted by atomic mass is 15.1. The van der Waals surface area contributed by atoms with Crippen LogP contribution in [0.5, 0.6) is 0 Å². The van der Waals surface area contributed by atoms with E-state index in [2.05, 4.69) is 47.1 Å². The zero-order valence-electron chi connectivity index (χ0n) is 11.4. The summed E-state index contributed by atoms with van der Waals surface area (Å²) < 4.78 is 0. The molecule has 0 amide bonds. The van der Waals surface area contributed by atoms with Gasteiger partial charge in [0.1, 0.15) is 0 Å². The second-order valence-corrected chi connectivity index (χ2v) is 4.73. The molecule has 0 radical (unpaired) electrons. The zero-order valence-corrected chi connectivity index (χ0v) is 11.4. The zero-order chi connectivity index (χ0) is 13.5. The van der Waals surface area contributed by atoms with Gasteiger partial charge in [-0.3, -0.25) is 9.88 Å².